The van der Waals surface area contributed by atoms with E-state index in [2.05, 4.69) is 52.6 Å². The zero-order valence-electron chi connectivity index (χ0n) is 16.7. The highest BCUT2D eigenvalue weighted by atomic mass is 79.9. The van der Waals surface area contributed by atoms with Gasteiger partial charge in [0.1, 0.15) is 0 Å². The van der Waals surface area contributed by atoms with Crippen molar-refractivity contribution in [3.8, 4) is 17.1 Å². The van der Waals surface area contributed by atoms with Gasteiger partial charge in [-0.25, -0.2) is 5.43 Å². The molecule has 4 rings (SSSR count). The minimum absolute atomic E-state index is 0.150. The van der Waals surface area contributed by atoms with E-state index >= 15 is 0 Å². The van der Waals surface area contributed by atoms with Crippen LogP contribution in [0, 0.1) is 0 Å². The number of thioether (sulfide) groups is 1. The van der Waals surface area contributed by atoms with Gasteiger partial charge in [-0.15, -0.1) is 10.2 Å². The van der Waals surface area contributed by atoms with Gasteiger partial charge in [0.05, 0.1) is 12.0 Å². The van der Waals surface area contributed by atoms with Crippen LogP contribution in [0.2, 0.25) is 0 Å². The first-order valence-electron chi connectivity index (χ1n) is 9.58. The number of rotatable bonds is 7. The third-order valence-corrected chi connectivity index (χ3v) is 6.56. The number of amides is 1. The highest BCUT2D eigenvalue weighted by Gasteiger charge is 2.17. The van der Waals surface area contributed by atoms with E-state index < -0.39 is 0 Å². The lowest BCUT2D eigenvalue weighted by Crippen LogP contribution is -2.20. The van der Waals surface area contributed by atoms with Gasteiger partial charge in [0, 0.05) is 25.8 Å². The molecule has 0 aliphatic heterocycles. The molecule has 0 saturated carbocycles. The van der Waals surface area contributed by atoms with E-state index in [-0.39, 0.29) is 11.7 Å². The molecule has 0 saturated heterocycles. The quantitative estimate of drug-likeness (QED) is 0.176. The molecule has 0 radical (unpaired) electrons. The average molecular weight is 571 g/mol. The van der Waals surface area contributed by atoms with E-state index in [0.29, 0.717) is 11.0 Å². The molecule has 0 fully saturated rings. The Hall–Kier alpha value is -2.75. The molecule has 0 spiro atoms. The maximum Gasteiger partial charge on any atom is 0.250 e. The van der Waals surface area contributed by atoms with Crippen LogP contribution in [0.1, 0.15) is 5.56 Å². The second-order valence-electron chi connectivity index (χ2n) is 6.59. The molecule has 0 aliphatic rings. The number of hydrazone groups is 1. The lowest BCUT2D eigenvalue weighted by Gasteiger charge is -2.10. The van der Waals surface area contributed by atoms with Gasteiger partial charge in [-0.3, -0.25) is 9.36 Å². The predicted molar refractivity (Wildman–Crippen MR) is 135 cm³/mol. The summed E-state index contributed by atoms with van der Waals surface area (Å²) < 4.78 is 3.83. The fourth-order valence-electron chi connectivity index (χ4n) is 2.88. The number of nitrogens with one attached hydrogen (secondary N) is 1. The van der Waals surface area contributed by atoms with E-state index in [0.717, 1.165) is 25.8 Å². The standard InChI is InChI=1S/C23H17Br2N5OS/c24-18-10-12-19(13-11-18)30-22(16-6-2-1-3-7-16)28-29-23(30)32-15-21(31)27-26-14-17-8-4-5-9-20(17)25/h1-14H,15H2,(H,27,31). The highest BCUT2D eigenvalue weighted by Crippen LogP contribution is 2.28. The van der Waals surface area contributed by atoms with Crippen LogP contribution >= 0.6 is 43.6 Å². The summed E-state index contributed by atoms with van der Waals surface area (Å²) in [4.78, 5) is 12.3. The Labute approximate surface area is 206 Å². The summed E-state index contributed by atoms with van der Waals surface area (Å²) in [6.45, 7) is 0. The number of hydrogen-bond donors (Lipinski definition) is 1. The summed E-state index contributed by atoms with van der Waals surface area (Å²) in [6, 6.07) is 25.4. The first-order valence-corrected chi connectivity index (χ1v) is 12.1. The summed E-state index contributed by atoms with van der Waals surface area (Å²) in [5.74, 6) is 0.629. The molecule has 0 atom stereocenters. The number of hydrogen-bond acceptors (Lipinski definition) is 5. The van der Waals surface area contributed by atoms with Crippen LogP contribution in [0.4, 0.5) is 0 Å². The topological polar surface area (TPSA) is 72.2 Å². The van der Waals surface area contributed by atoms with Crippen molar-refractivity contribution in [1.29, 1.82) is 0 Å². The van der Waals surface area contributed by atoms with Crippen molar-refractivity contribution in [3.05, 3.63) is 93.4 Å². The first kappa shape index (κ1) is 22.4. The predicted octanol–water partition coefficient (Wildman–Crippen LogP) is 5.70. The number of benzene rings is 3. The summed E-state index contributed by atoms with van der Waals surface area (Å²) in [7, 11) is 0. The third kappa shape index (κ3) is 5.53. The van der Waals surface area contributed by atoms with Crippen molar-refractivity contribution >= 4 is 55.7 Å². The minimum atomic E-state index is -0.232. The molecular weight excluding hydrogens is 554 g/mol. The van der Waals surface area contributed by atoms with Crippen LogP contribution in [-0.4, -0.2) is 32.6 Å². The molecular formula is C23H17Br2N5OS. The summed E-state index contributed by atoms with van der Waals surface area (Å²) in [5.41, 5.74) is 5.29. The van der Waals surface area contributed by atoms with Crippen LogP contribution in [0.5, 0.6) is 0 Å². The zero-order chi connectivity index (χ0) is 22.3. The van der Waals surface area contributed by atoms with Crippen LogP contribution in [0.25, 0.3) is 17.1 Å². The lowest BCUT2D eigenvalue weighted by atomic mass is 10.2. The molecule has 0 unspecified atom stereocenters. The van der Waals surface area contributed by atoms with Gasteiger partial charge < -0.3 is 0 Å². The second-order valence-corrected chi connectivity index (χ2v) is 9.30. The maximum atomic E-state index is 12.3. The minimum Gasteiger partial charge on any atom is -0.272 e. The van der Waals surface area contributed by atoms with E-state index in [4.69, 9.17) is 0 Å². The van der Waals surface area contributed by atoms with Crippen molar-refractivity contribution in [3.63, 3.8) is 0 Å². The Balaban J connectivity index is 1.51. The Bertz CT molecular complexity index is 1240. The molecule has 0 aliphatic carbocycles. The molecule has 1 N–H and O–H groups in total. The molecule has 160 valence electrons. The molecule has 6 nitrogen and oxygen atoms in total. The Morgan fingerprint density at radius 1 is 0.969 bits per heavy atom. The Morgan fingerprint density at radius 2 is 1.69 bits per heavy atom. The van der Waals surface area contributed by atoms with Gasteiger partial charge in [-0.2, -0.15) is 5.10 Å². The number of nitrogens with zero attached hydrogens (tertiary/aromatic N) is 4. The molecule has 32 heavy (non-hydrogen) atoms. The van der Waals surface area contributed by atoms with Crippen LogP contribution in [0.3, 0.4) is 0 Å². The fraction of sp³-hybridized carbons (Fsp3) is 0.0435. The fourth-order valence-corrected chi connectivity index (χ4v) is 4.27. The lowest BCUT2D eigenvalue weighted by molar-refractivity contribution is -0.118. The smallest absolute Gasteiger partial charge is 0.250 e. The molecule has 1 amide bonds. The van der Waals surface area contributed by atoms with Crippen molar-refractivity contribution in [1.82, 2.24) is 20.2 Å². The van der Waals surface area contributed by atoms with E-state index in [1.165, 1.54) is 11.8 Å². The van der Waals surface area contributed by atoms with Gasteiger partial charge >= 0.3 is 0 Å². The second kappa shape index (κ2) is 10.7. The first-order chi connectivity index (χ1) is 15.6. The van der Waals surface area contributed by atoms with E-state index in [1.807, 2.05) is 83.4 Å². The van der Waals surface area contributed by atoms with E-state index in [1.54, 1.807) is 6.21 Å². The van der Waals surface area contributed by atoms with Crippen molar-refractivity contribution in [2.45, 2.75) is 5.16 Å². The van der Waals surface area contributed by atoms with Crippen LogP contribution in [0.15, 0.2) is 98.1 Å². The summed E-state index contributed by atoms with van der Waals surface area (Å²) in [5, 5.41) is 13.4. The largest absolute Gasteiger partial charge is 0.272 e. The van der Waals surface area contributed by atoms with Gasteiger partial charge in [0.25, 0.3) is 5.91 Å². The number of aromatic nitrogens is 3. The number of carbonyl (C=O) groups is 1. The van der Waals surface area contributed by atoms with Crippen LogP contribution < -0.4 is 5.43 Å². The number of carbonyl (C=O) groups excluding carboxylic acids is 1. The molecule has 1 aromatic heterocycles. The zero-order valence-corrected chi connectivity index (χ0v) is 20.6. The molecule has 4 aromatic rings. The average Bonchev–Trinajstić information content (AvgIpc) is 3.24. The molecule has 1 heterocycles. The maximum absolute atomic E-state index is 12.3. The summed E-state index contributed by atoms with van der Waals surface area (Å²) in [6.07, 6.45) is 1.60. The third-order valence-electron chi connectivity index (χ3n) is 4.38. The summed E-state index contributed by atoms with van der Waals surface area (Å²) >= 11 is 8.22. The molecule has 3 aromatic carbocycles. The van der Waals surface area contributed by atoms with Gasteiger partial charge in [-0.05, 0) is 30.3 Å². The molecule has 9 heteroatoms. The Kier molecular flexibility index (Phi) is 7.51. The molecule has 0 bridgehead atoms. The number of halogens is 2. The monoisotopic (exact) mass is 569 g/mol. The van der Waals surface area contributed by atoms with Crippen molar-refractivity contribution in [2.24, 2.45) is 5.10 Å². The normalized spacial score (nSPS) is 11.1. The van der Waals surface area contributed by atoms with Crippen LogP contribution in [-0.2, 0) is 4.79 Å². The SMILES string of the molecule is O=C(CSc1nnc(-c2ccccc2)n1-c1ccc(Br)cc1)NN=Cc1ccccc1Br. The van der Waals surface area contributed by atoms with Gasteiger partial charge in [0.2, 0.25) is 0 Å². The Morgan fingerprint density at radius 3 is 2.44 bits per heavy atom. The van der Waals surface area contributed by atoms with Crippen molar-refractivity contribution in [2.75, 3.05) is 5.75 Å². The van der Waals surface area contributed by atoms with Gasteiger partial charge in [-0.1, -0.05) is 92.2 Å². The van der Waals surface area contributed by atoms with E-state index in [9.17, 15) is 4.79 Å². The van der Waals surface area contributed by atoms with Crippen molar-refractivity contribution < 1.29 is 4.79 Å². The van der Waals surface area contributed by atoms with Gasteiger partial charge in [0.15, 0.2) is 11.0 Å². The highest BCUT2D eigenvalue weighted by molar-refractivity contribution is 9.10.